The van der Waals surface area contributed by atoms with Gasteiger partial charge >= 0.3 is 0 Å². The molecule has 9 heteroatoms. The van der Waals surface area contributed by atoms with E-state index in [0.29, 0.717) is 5.56 Å². The number of nitrogens with one attached hydrogen (secondary N) is 2. The zero-order chi connectivity index (χ0) is 17.2. The van der Waals surface area contributed by atoms with E-state index in [0.717, 1.165) is 6.34 Å². The minimum Gasteiger partial charge on any atom is -0.388 e. The Kier molecular flexibility index (Phi) is 7.41. The van der Waals surface area contributed by atoms with Crippen LogP contribution in [-0.2, 0) is 11.3 Å². The van der Waals surface area contributed by atoms with Crippen molar-refractivity contribution in [3.8, 4) is 0 Å². The smallest absolute Gasteiger partial charge is 0.272 e. The van der Waals surface area contributed by atoms with E-state index in [2.05, 4.69) is 32.4 Å². The first kappa shape index (κ1) is 18.3. The Morgan fingerprint density at radius 2 is 2.26 bits per heavy atom. The molecule has 1 rings (SSSR count). The van der Waals surface area contributed by atoms with E-state index in [1.807, 2.05) is 0 Å². The first-order chi connectivity index (χ1) is 11.0. The first-order valence-electron chi connectivity index (χ1n) is 6.38. The summed E-state index contributed by atoms with van der Waals surface area (Å²) in [7, 11) is 1.51. The molecule has 0 radical (unpaired) electrons. The van der Waals surface area contributed by atoms with Crippen molar-refractivity contribution >= 4 is 35.9 Å². The summed E-state index contributed by atoms with van der Waals surface area (Å²) in [5.41, 5.74) is 8.32. The quantitative estimate of drug-likeness (QED) is 0.395. The first-order valence-corrected chi connectivity index (χ1v) is 6.76. The molecular formula is C14H16ClFN6O. The van der Waals surface area contributed by atoms with E-state index >= 15 is 0 Å². The highest BCUT2D eigenvalue weighted by atomic mass is 35.5. The molecule has 1 aromatic carbocycles. The largest absolute Gasteiger partial charge is 0.388 e. The monoisotopic (exact) mass is 338 g/mol. The summed E-state index contributed by atoms with van der Waals surface area (Å²) in [6.45, 7) is 3.78. The number of hydrogen-bond acceptors (Lipinski definition) is 4. The lowest BCUT2D eigenvalue weighted by molar-refractivity contribution is -0.114. The van der Waals surface area contributed by atoms with Gasteiger partial charge < -0.3 is 11.1 Å². The SMILES string of the molecule is C=C(N/N=C/N)C(=NC=NC)C(=O)NCc1ccc(F)c(Cl)c1. The predicted octanol–water partition coefficient (Wildman–Crippen LogP) is 1.20. The topological polar surface area (TPSA) is 104 Å². The second-order valence-electron chi connectivity index (χ2n) is 4.15. The van der Waals surface area contributed by atoms with E-state index in [9.17, 15) is 9.18 Å². The molecule has 0 aliphatic rings. The van der Waals surface area contributed by atoms with Crippen LogP contribution in [0.2, 0.25) is 5.02 Å². The Bertz CT molecular complexity index is 671. The van der Waals surface area contributed by atoms with Crippen molar-refractivity contribution in [1.82, 2.24) is 10.7 Å². The molecule has 0 saturated heterocycles. The Balaban J connectivity index is 2.80. The second-order valence-corrected chi connectivity index (χ2v) is 4.56. The van der Waals surface area contributed by atoms with Gasteiger partial charge in [-0.3, -0.25) is 15.2 Å². The van der Waals surface area contributed by atoms with Crippen LogP contribution in [0.25, 0.3) is 0 Å². The van der Waals surface area contributed by atoms with Crippen LogP contribution in [-0.4, -0.2) is 31.3 Å². The summed E-state index contributed by atoms with van der Waals surface area (Å²) in [5, 5.41) is 6.16. The van der Waals surface area contributed by atoms with Crippen LogP contribution in [0.15, 0.2) is 45.6 Å². The average Bonchev–Trinajstić information content (AvgIpc) is 2.54. The fraction of sp³-hybridized carbons (Fsp3) is 0.143. The van der Waals surface area contributed by atoms with Crippen molar-refractivity contribution in [1.29, 1.82) is 0 Å². The molecular weight excluding hydrogens is 323 g/mol. The van der Waals surface area contributed by atoms with Gasteiger partial charge in [0.05, 0.1) is 10.7 Å². The third-order valence-corrected chi connectivity index (χ3v) is 2.80. The molecule has 122 valence electrons. The molecule has 0 fully saturated rings. The highest BCUT2D eigenvalue weighted by Crippen LogP contribution is 2.15. The maximum absolute atomic E-state index is 13.1. The van der Waals surface area contributed by atoms with Crippen LogP contribution >= 0.6 is 11.6 Å². The molecule has 0 saturated carbocycles. The standard InChI is InChI=1S/C14H16ClFN6O/c1-9(22-21-7-17)13(20-8-18-2)14(23)19-6-10-3-4-12(16)11(15)5-10/h3-5,7-8,22H,1,6H2,2H3,(H2,17,21)(H,19,23). The van der Waals surface area contributed by atoms with Gasteiger partial charge in [0.1, 0.15) is 18.5 Å². The Morgan fingerprint density at radius 3 is 2.87 bits per heavy atom. The van der Waals surface area contributed by atoms with Crippen LogP contribution in [0.3, 0.4) is 0 Å². The lowest BCUT2D eigenvalue weighted by Crippen LogP contribution is -2.34. The number of benzene rings is 1. The minimum atomic E-state index is -0.527. The minimum absolute atomic E-state index is 0.0191. The summed E-state index contributed by atoms with van der Waals surface area (Å²) in [5.74, 6) is -1.05. The fourth-order valence-corrected chi connectivity index (χ4v) is 1.68. The normalized spacial score (nSPS) is 11.9. The van der Waals surface area contributed by atoms with Gasteiger partial charge in [-0.15, -0.1) is 0 Å². The van der Waals surface area contributed by atoms with Crippen molar-refractivity contribution in [2.45, 2.75) is 6.54 Å². The van der Waals surface area contributed by atoms with Crippen molar-refractivity contribution in [3.63, 3.8) is 0 Å². The third-order valence-electron chi connectivity index (χ3n) is 2.51. The van der Waals surface area contributed by atoms with Crippen molar-refractivity contribution < 1.29 is 9.18 Å². The molecule has 0 aliphatic carbocycles. The van der Waals surface area contributed by atoms with E-state index < -0.39 is 11.7 Å². The van der Waals surface area contributed by atoms with Crippen molar-refractivity contribution in [2.75, 3.05) is 7.05 Å². The summed E-state index contributed by atoms with van der Waals surface area (Å²) in [6, 6.07) is 4.16. The van der Waals surface area contributed by atoms with Gasteiger partial charge in [0.15, 0.2) is 5.71 Å². The summed E-state index contributed by atoms with van der Waals surface area (Å²) >= 11 is 5.69. The van der Waals surface area contributed by atoms with E-state index in [1.165, 1.54) is 31.6 Å². The number of hydrogen-bond donors (Lipinski definition) is 3. The number of nitrogens with zero attached hydrogens (tertiary/aromatic N) is 3. The number of amides is 1. The summed E-state index contributed by atoms with van der Waals surface area (Å²) in [6.07, 6.45) is 2.21. The number of carbonyl (C=O) groups excluding carboxylic acids is 1. The number of halogens is 2. The second kappa shape index (κ2) is 9.31. The Labute approximate surface area is 137 Å². The number of hydrazone groups is 1. The van der Waals surface area contributed by atoms with Gasteiger partial charge in [0, 0.05) is 13.6 Å². The maximum Gasteiger partial charge on any atom is 0.272 e. The number of nitrogens with two attached hydrogens (primary N) is 1. The Hall–Kier alpha value is -2.74. The van der Waals surface area contributed by atoms with Crippen molar-refractivity contribution in [3.05, 3.63) is 46.9 Å². The van der Waals surface area contributed by atoms with E-state index in [1.54, 1.807) is 0 Å². The molecule has 23 heavy (non-hydrogen) atoms. The van der Waals surface area contributed by atoms with Gasteiger partial charge in [-0.1, -0.05) is 24.2 Å². The number of rotatable bonds is 7. The van der Waals surface area contributed by atoms with Gasteiger partial charge in [0.2, 0.25) is 0 Å². The molecule has 1 aromatic rings. The summed E-state index contributed by atoms with van der Waals surface area (Å²) < 4.78 is 13.1. The van der Waals surface area contributed by atoms with Crippen LogP contribution in [0.4, 0.5) is 4.39 Å². The van der Waals surface area contributed by atoms with Gasteiger partial charge in [-0.25, -0.2) is 9.38 Å². The van der Waals surface area contributed by atoms with E-state index in [4.69, 9.17) is 17.3 Å². The highest BCUT2D eigenvalue weighted by Gasteiger charge is 2.14. The molecule has 0 heterocycles. The van der Waals surface area contributed by atoms with E-state index in [-0.39, 0.29) is 23.0 Å². The number of carbonyl (C=O) groups is 1. The van der Waals surface area contributed by atoms with Gasteiger partial charge in [-0.2, -0.15) is 5.10 Å². The summed E-state index contributed by atoms with van der Waals surface area (Å²) in [4.78, 5) is 19.7. The van der Waals surface area contributed by atoms with Crippen LogP contribution in [0.1, 0.15) is 5.56 Å². The van der Waals surface area contributed by atoms with Crippen molar-refractivity contribution in [2.24, 2.45) is 20.8 Å². The zero-order valence-electron chi connectivity index (χ0n) is 12.4. The average molecular weight is 339 g/mol. The van der Waals surface area contributed by atoms with Gasteiger partial charge in [-0.05, 0) is 17.7 Å². The predicted molar refractivity (Wildman–Crippen MR) is 90.1 cm³/mol. The molecule has 0 unspecified atom stereocenters. The Morgan fingerprint density at radius 1 is 1.52 bits per heavy atom. The van der Waals surface area contributed by atoms with Gasteiger partial charge in [0.25, 0.3) is 5.91 Å². The molecule has 1 amide bonds. The fourth-order valence-electron chi connectivity index (χ4n) is 1.47. The van der Waals surface area contributed by atoms with Crippen LogP contribution in [0, 0.1) is 5.82 Å². The zero-order valence-corrected chi connectivity index (χ0v) is 13.1. The third kappa shape index (κ3) is 5.87. The molecule has 7 nitrogen and oxygen atoms in total. The molecule has 0 spiro atoms. The van der Waals surface area contributed by atoms with Crippen LogP contribution < -0.4 is 16.5 Å². The number of aliphatic imine (C=N–C) groups is 2. The molecule has 0 atom stereocenters. The van der Waals surface area contributed by atoms with Crippen LogP contribution in [0.5, 0.6) is 0 Å². The molecule has 0 aliphatic heterocycles. The maximum atomic E-state index is 13.1. The molecule has 4 N–H and O–H groups in total. The molecule has 0 bridgehead atoms. The molecule has 0 aromatic heterocycles. The lowest BCUT2D eigenvalue weighted by Gasteiger charge is -2.09. The highest BCUT2D eigenvalue weighted by molar-refractivity contribution is 6.45. The lowest BCUT2D eigenvalue weighted by atomic mass is 10.2.